The van der Waals surface area contributed by atoms with Gasteiger partial charge in [0.2, 0.25) is 5.95 Å². The molecule has 6 nitrogen and oxygen atoms in total. The van der Waals surface area contributed by atoms with Gasteiger partial charge in [-0.3, -0.25) is 0 Å². The van der Waals surface area contributed by atoms with Crippen LogP contribution in [0.1, 0.15) is 5.56 Å². The van der Waals surface area contributed by atoms with Crippen LogP contribution >= 0.6 is 0 Å². The molecule has 1 aromatic heterocycles. The molecule has 0 unspecified atom stereocenters. The summed E-state index contributed by atoms with van der Waals surface area (Å²) in [7, 11) is 0. The summed E-state index contributed by atoms with van der Waals surface area (Å²) in [5, 5.41) is 12.1. The lowest BCUT2D eigenvalue weighted by Crippen LogP contribution is -2.47. The minimum Gasteiger partial charge on any atom is -0.368 e. The number of hydrogen-bond acceptors (Lipinski definition) is 6. The van der Waals surface area contributed by atoms with Gasteiger partial charge < -0.3 is 15.1 Å². The lowest BCUT2D eigenvalue weighted by molar-refractivity contribution is 0.623. The van der Waals surface area contributed by atoms with E-state index >= 15 is 0 Å². The molecule has 28 heavy (non-hydrogen) atoms. The minimum atomic E-state index is -0.220. The van der Waals surface area contributed by atoms with Gasteiger partial charge in [-0.15, -0.1) is 0 Å². The van der Waals surface area contributed by atoms with E-state index in [-0.39, 0.29) is 5.82 Å². The summed E-state index contributed by atoms with van der Waals surface area (Å²) in [5.74, 6) is 1.16. The van der Waals surface area contributed by atoms with Crippen LogP contribution in [0.2, 0.25) is 0 Å². The second-order valence-electron chi connectivity index (χ2n) is 6.51. The summed E-state index contributed by atoms with van der Waals surface area (Å²) >= 11 is 0. The Balaban J connectivity index is 1.40. The smallest absolute Gasteiger partial charge is 0.227 e. The van der Waals surface area contributed by atoms with E-state index in [1.165, 1.54) is 12.1 Å². The topological polar surface area (TPSA) is 68.1 Å². The third-order valence-corrected chi connectivity index (χ3v) is 4.68. The van der Waals surface area contributed by atoms with E-state index in [0.717, 1.165) is 37.6 Å². The number of benzene rings is 2. The number of halogens is 1. The second-order valence-corrected chi connectivity index (χ2v) is 6.51. The van der Waals surface area contributed by atoms with E-state index in [1.54, 1.807) is 18.3 Å². The zero-order valence-corrected chi connectivity index (χ0v) is 15.2. The second kappa shape index (κ2) is 7.92. The molecule has 0 aliphatic carbocycles. The Kier molecular flexibility index (Phi) is 5.02. The van der Waals surface area contributed by atoms with E-state index in [1.807, 2.05) is 30.3 Å². The number of nitrogens with one attached hydrogen (secondary N) is 1. The number of nitriles is 1. The summed E-state index contributed by atoms with van der Waals surface area (Å²) in [4.78, 5) is 13.4. The number of rotatable bonds is 4. The van der Waals surface area contributed by atoms with Gasteiger partial charge in [0, 0.05) is 43.8 Å². The Hall–Kier alpha value is -3.66. The predicted molar refractivity (Wildman–Crippen MR) is 107 cm³/mol. The average Bonchev–Trinajstić information content (AvgIpc) is 2.75. The fraction of sp³-hybridized carbons (Fsp3) is 0.190. The van der Waals surface area contributed by atoms with Crippen molar-refractivity contribution in [2.75, 3.05) is 41.3 Å². The van der Waals surface area contributed by atoms with E-state index in [2.05, 4.69) is 31.2 Å². The molecule has 0 saturated carbocycles. The highest BCUT2D eigenvalue weighted by molar-refractivity contribution is 5.58. The van der Waals surface area contributed by atoms with E-state index in [4.69, 9.17) is 5.26 Å². The minimum absolute atomic E-state index is 0.220. The van der Waals surface area contributed by atoms with Gasteiger partial charge in [0.05, 0.1) is 11.6 Å². The standard InChI is InChI=1S/C21H19FN6/c22-17-3-7-19(8-4-17)27-11-13-28(14-12-27)21-24-10-9-20(26-21)25-18-5-1-16(15-23)2-6-18/h1-10H,11-14H2,(H,24,25,26). The lowest BCUT2D eigenvalue weighted by atomic mass is 10.2. The number of piperazine rings is 1. The monoisotopic (exact) mass is 374 g/mol. The van der Waals surface area contributed by atoms with Crippen molar-refractivity contribution in [2.24, 2.45) is 0 Å². The molecular weight excluding hydrogens is 355 g/mol. The Morgan fingerprint density at radius 3 is 2.25 bits per heavy atom. The first kappa shape index (κ1) is 17.7. The van der Waals surface area contributed by atoms with E-state index < -0.39 is 0 Å². The molecule has 140 valence electrons. The Labute approximate surface area is 162 Å². The molecule has 0 amide bonds. The quantitative estimate of drug-likeness (QED) is 0.753. The number of nitrogens with zero attached hydrogens (tertiary/aromatic N) is 5. The fourth-order valence-corrected chi connectivity index (χ4v) is 3.16. The molecule has 1 fully saturated rings. The van der Waals surface area contributed by atoms with Gasteiger partial charge in [-0.25, -0.2) is 9.37 Å². The molecule has 2 aromatic carbocycles. The predicted octanol–water partition coefficient (Wildman–Crippen LogP) is 3.56. The van der Waals surface area contributed by atoms with Crippen molar-refractivity contribution in [1.29, 1.82) is 5.26 Å². The van der Waals surface area contributed by atoms with Gasteiger partial charge in [-0.05, 0) is 54.6 Å². The van der Waals surface area contributed by atoms with Gasteiger partial charge in [0.25, 0.3) is 0 Å². The highest BCUT2D eigenvalue weighted by Crippen LogP contribution is 2.21. The van der Waals surface area contributed by atoms with Gasteiger partial charge in [0.1, 0.15) is 11.6 Å². The largest absolute Gasteiger partial charge is 0.368 e. The van der Waals surface area contributed by atoms with Gasteiger partial charge in [-0.1, -0.05) is 0 Å². The molecule has 1 aliphatic heterocycles. The van der Waals surface area contributed by atoms with Crippen LogP contribution < -0.4 is 15.1 Å². The molecule has 0 atom stereocenters. The maximum absolute atomic E-state index is 13.1. The van der Waals surface area contributed by atoms with Crippen LogP contribution in [0.25, 0.3) is 0 Å². The van der Waals surface area contributed by atoms with Crippen LogP contribution in [0.3, 0.4) is 0 Å². The van der Waals surface area contributed by atoms with E-state index in [0.29, 0.717) is 17.3 Å². The molecule has 0 bridgehead atoms. The summed E-state index contributed by atoms with van der Waals surface area (Å²) in [6, 6.07) is 17.7. The molecule has 2 heterocycles. The molecule has 1 aliphatic rings. The number of aromatic nitrogens is 2. The van der Waals surface area contributed by atoms with Crippen LogP contribution in [0.5, 0.6) is 0 Å². The fourth-order valence-electron chi connectivity index (χ4n) is 3.16. The van der Waals surface area contributed by atoms with E-state index in [9.17, 15) is 4.39 Å². The first-order valence-electron chi connectivity index (χ1n) is 9.07. The van der Waals surface area contributed by atoms with Crippen LogP contribution in [0, 0.1) is 17.1 Å². The van der Waals surface area contributed by atoms with Crippen LogP contribution in [-0.4, -0.2) is 36.1 Å². The zero-order chi connectivity index (χ0) is 19.3. The first-order valence-corrected chi connectivity index (χ1v) is 9.07. The molecule has 0 spiro atoms. The van der Waals surface area contributed by atoms with Gasteiger partial charge >= 0.3 is 0 Å². The van der Waals surface area contributed by atoms with Crippen molar-refractivity contribution in [3.63, 3.8) is 0 Å². The SMILES string of the molecule is N#Cc1ccc(Nc2ccnc(N3CCN(c4ccc(F)cc4)CC3)n2)cc1. The molecular formula is C21H19FN6. The normalized spacial score (nSPS) is 13.9. The summed E-state index contributed by atoms with van der Waals surface area (Å²) in [6.45, 7) is 3.22. The number of hydrogen-bond donors (Lipinski definition) is 1. The maximum Gasteiger partial charge on any atom is 0.227 e. The highest BCUT2D eigenvalue weighted by atomic mass is 19.1. The van der Waals surface area contributed by atoms with Crippen molar-refractivity contribution in [3.8, 4) is 6.07 Å². The van der Waals surface area contributed by atoms with Gasteiger partial charge in [-0.2, -0.15) is 10.2 Å². The van der Waals surface area contributed by atoms with Crippen molar-refractivity contribution in [2.45, 2.75) is 0 Å². The van der Waals surface area contributed by atoms with Crippen LogP contribution in [0.4, 0.5) is 27.5 Å². The molecule has 4 rings (SSSR count). The van der Waals surface area contributed by atoms with Gasteiger partial charge in [0.15, 0.2) is 0 Å². The Morgan fingerprint density at radius 1 is 0.893 bits per heavy atom. The molecule has 7 heteroatoms. The van der Waals surface area contributed by atoms with Crippen LogP contribution in [0.15, 0.2) is 60.8 Å². The molecule has 1 saturated heterocycles. The van der Waals surface area contributed by atoms with Crippen LogP contribution in [-0.2, 0) is 0 Å². The molecule has 0 radical (unpaired) electrons. The zero-order valence-electron chi connectivity index (χ0n) is 15.2. The number of anilines is 4. The van der Waals surface area contributed by atoms with Crippen molar-refractivity contribution < 1.29 is 4.39 Å². The third kappa shape index (κ3) is 4.01. The highest BCUT2D eigenvalue weighted by Gasteiger charge is 2.19. The first-order chi connectivity index (χ1) is 13.7. The third-order valence-electron chi connectivity index (χ3n) is 4.68. The molecule has 3 aromatic rings. The maximum atomic E-state index is 13.1. The molecule has 1 N–H and O–H groups in total. The average molecular weight is 374 g/mol. The summed E-state index contributed by atoms with van der Waals surface area (Å²) in [5.41, 5.74) is 2.51. The summed E-state index contributed by atoms with van der Waals surface area (Å²) < 4.78 is 13.1. The lowest BCUT2D eigenvalue weighted by Gasteiger charge is -2.36. The Bertz CT molecular complexity index is 973. The summed E-state index contributed by atoms with van der Waals surface area (Å²) in [6.07, 6.45) is 1.74. The van der Waals surface area contributed by atoms with Crippen molar-refractivity contribution >= 4 is 23.1 Å². The van der Waals surface area contributed by atoms with Crippen molar-refractivity contribution in [3.05, 3.63) is 72.2 Å². The Morgan fingerprint density at radius 2 is 1.57 bits per heavy atom. The van der Waals surface area contributed by atoms with Crippen molar-refractivity contribution in [1.82, 2.24) is 9.97 Å².